The number of para-hydroxylation sites is 3. The highest BCUT2D eigenvalue weighted by atomic mass is 32.1. The minimum Gasteiger partial charge on any atom is -0.456 e. The Balaban J connectivity index is 1.21. The standard InChI is InChI=1S/C51H35NOS/c1-51(2)41-22-8-3-19-39(41)49-37(20-13-23-42(49)51)34-16-5-10-25-44(34)52(45-26-14-21-38-36-18-7-12-28-48(36)54-50(38)45)43-24-9-4-15-33(43)32-29-30-47-40(31-32)35-17-6-11-27-46(35)53-47/h3-31H,1-2H3. The lowest BCUT2D eigenvalue weighted by Gasteiger charge is -2.31. The quantitative estimate of drug-likeness (QED) is 0.177. The molecule has 0 bridgehead atoms. The van der Waals surface area contributed by atoms with Crippen LogP contribution < -0.4 is 4.90 Å². The SMILES string of the molecule is CC1(C)c2ccccc2-c2c(-c3ccccc3N(c3ccccc3-c3ccc4oc5ccccc5c4c3)c3cccc4c3sc3ccccc34)cccc21. The second-order valence-electron chi connectivity index (χ2n) is 14.8. The largest absolute Gasteiger partial charge is 0.456 e. The van der Waals surface area contributed by atoms with E-state index in [0.717, 1.165) is 50.1 Å². The third-order valence-electron chi connectivity index (χ3n) is 11.5. The molecule has 0 unspecified atom stereocenters. The van der Waals surface area contributed by atoms with E-state index >= 15 is 0 Å². The molecule has 1 aliphatic carbocycles. The maximum Gasteiger partial charge on any atom is 0.135 e. The number of nitrogens with zero attached hydrogens (tertiary/aromatic N) is 1. The van der Waals surface area contributed by atoms with Crippen LogP contribution in [0.1, 0.15) is 25.0 Å². The number of anilines is 3. The summed E-state index contributed by atoms with van der Waals surface area (Å²) >= 11 is 1.87. The fraction of sp³-hybridized carbons (Fsp3) is 0.0588. The molecule has 3 heteroatoms. The van der Waals surface area contributed by atoms with Crippen molar-refractivity contribution in [1.82, 2.24) is 0 Å². The van der Waals surface area contributed by atoms with Crippen LogP contribution >= 0.6 is 11.3 Å². The third-order valence-corrected chi connectivity index (χ3v) is 12.7. The Morgan fingerprint density at radius 3 is 1.91 bits per heavy atom. The van der Waals surface area contributed by atoms with E-state index < -0.39 is 0 Å². The first-order chi connectivity index (χ1) is 26.6. The van der Waals surface area contributed by atoms with Gasteiger partial charge in [-0.2, -0.15) is 0 Å². The van der Waals surface area contributed by atoms with E-state index in [4.69, 9.17) is 4.42 Å². The summed E-state index contributed by atoms with van der Waals surface area (Å²) in [5.74, 6) is 0. The van der Waals surface area contributed by atoms with Crippen molar-refractivity contribution in [2.45, 2.75) is 19.3 Å². The van der Waals surface area contributed by atoms with E-state index in [2.05, 4.69) is 183 Å². The average molecular weight is 710 g/mol. The van der Waals surface area contributed by atoms with Crippen molar-refractivity contribution >= 4 is 70.5 Å². The second-order valence-corrected chi connectivity index (χ2v) is 15.9. The van der Waals surface area contributed by atoms with Crippen LogP contribution in [0.4, 0.5) is 17.1 Å². The van der Waals surface area contributed by atoms with Crippen molar-refractivity contribution in [1.29, 1.82) is 0 Å². The van der Waals surface area contributed by atoms with E-state index in [1.54, 1.807) is 0 Å². The van der Waals surface area contributed by atoms with Crippen LogP contribution in [0.25, 0.3) is 75.5 Å². The fourth-order valence-electron chi connectivity index (χ4n) is 8.98. The van der Waals surface area contributed by atoms with Crippen molar-refractivity contribution in [2.24, 2.45) is 0 Å². The van der Waals surface area contributed by atoms with Crippen molar-refractivity contribution in [3.8, 4) is 33.4 Å². The zero-order valence-electron chi connectivity index (χ0n) is 30.0. The van der Waals surface area contributed by atoms with Gasteiger partial charge in [-0.05, 0) is 75.8 Å². The second kappa shape index (κ2) is 11.8. The van der Waals surface area contributed by atoms with Gasteiger partial charge in [0.25, 0.3) is 0 Å². The molecule has 0 saturated carbocycles. The predicted octanol–water partition coefficient (Wildman–Crippen LogP) is 15.1. The van der Waals surface area contributed by atoms with Gasteiger partial charge in [0.1, 0.15) is 11.2 Å². The maximum atomic E-state index is 6.27. The molecule has 0 fully saturated rings. The Morgan fingerprint density at radius 2 is 1.04 bits per heavy atom. The van der Waals surface area contributed by atoms with Crippen LogP contribution in [-0.2, 0) is 5.41 Å². The summed E-state index contributed by atoms with van der Waals surface area (Å²) in [6, 6.07) is 64.2. The normalized spacial score (nSPS) is 13.1. The molecule has 0 saturated heterocycles. The van der Waals surface area contributed by atoms with Crippen LogP contribution in [-0.4, -0.2) is 0 Å². The van der Waals surface area contributed by atoms with Crippen molar-refractivity contribution < 1.29 is 4.42 Å². The monoisotopic (exact) mass is 709 g/mol. The van der Waals surface area contributed by atoms with Crippen LogP contribution in [0.5, 0.6) is 0 Å². The molecule has 256 valence electrons. The van der Waals surface area contributed by atoms with Crippen LogP contribution in [0.15, 0.2) is 180 Å². The first-order valence-corrected chi connectivity index (χ1v) is 19.4. The van der Waals surface area contributed by atoms with E-state index in [-0.39, 0.29) is 5.41 Å². The topological polar surface area (TPSA) is 16.4 Å². The zero-order valence-corrected chi connectivity index (χ0v) is 30.8. The molecule has 1 aliphatic rings. The highest BCUT2D eigenvalue weighted by Crippen LogP contribution is 2.55. The summed E-state index contributed by atoms with van der Waals surface area (Å²) in [7, 11) is 0. The number of benzene rings is 8. The van der Waals surface area contributed by atoms with Crippen LogP contribution in [0.3, 0.4) is 0 Å². The molecule has 54 heavy (non-hydrogen) atoms. The van der Waals surface area contributed by atoms with Gasteiger partial charge in [0.15, 0.2) is 0 Å². The lowest BCUT2D eigenvalue weighted by molar-refractivity contribution is 0.660. The highest BCUT2D eigenvalue weighted by Gasteiger charge is 2.37. The molecule has 0 atom stereocenters. The number of rotatable bonds is 5. The summed E-state index contributed by atoms with van der Waals surface area (Å²) in [6.45, 7) is 4.72. The Bertz CT molecular complexity index is 3110. The molecule has 0 aliphatic heterocycles. The lowest BCUT2D eigenvalue weighted by atomic mass is 9.82. The Kier molecular flexibility index (Phi) is 6.80. The molecule has 0 spiro atoms. The molecular formula is C51H35NOS. The van der Waals surface area contributed by atoms with Gasteiger partial charge in [-0.25, -0.2) is 0 Å². The summed E-state index contributed by atoms with van der Waals surface area (Å²) in [6.07, 6.45) is 0. The summed E-state index contributed by atoms with van der Waals surface area (Å²) in [4.78, 5) is 2.52. The minimum absolute atomic E-state index is 0.0955. The Morgan fingerprint density at radius 1 is 0.444 bits per heavy atom. The van der Waals surface area contributed by atoms with Gasteiger partial charge in [0.05, 0.1) is 21.8 Å². The molecule has 10 aromatic rings. The Labute approximate surface area is 318 Å². The first-order valence-electron chi connectivity index (χ1n) is 18.6. The van der Waals surface area contributed by atoms with Gasteiger partial charge in [-0.1, -0.05) is 147 Å². The fourth-order valence-corrected chi connectivity index (χ4v) is 10.2. The molecule has 2 heterocycles. The molecule has 11 rings (SSSR count). The Hall–Kier alpha value is -6.42. The minimum atomic E-state index is -0.0955. The van der Waals surface area contributed by atoms with E-state index in [1.165, 1.54) is 53.6 Å². The number of fused-ring (bicyclic) bond motifs is 9. The third kappa shape index (κ3) is 4.52. The van der Waals surface area contributed by atoms with Crippen molar-refractivity contribution in [3.63, 3.8) is 0 Å². The first kappa shape index (κ1) is 31.1. The highest BCUT2D eigenvalue weighted by molar-refractivity contribution is 7.26. The van der Waals surface area contributed by atoms with Crippen molar-refractivity contribution in [2.75, 3.05) is 4.90 Å². The van der Waals surface area contributed by atoms with E-state index in [9.17, 15) is 0 Å². The van der Waals surface area contributed by atoms with Gasteiger partial charge in [-0.15, -0.1) is 11.3 Å². The van der Waals surface area contributed by atoms with E-state index in [0.29, 0.717) is 0 Å². The molecule has 2 aromatic heterocycles. The molecular weight excluding hydrogens is 675 g/mol. The van der Waals surface area contributed by atoms with Gasteiger partial charge in [-0.3, -0.25) is 0 Å². The van der Waals surface area contributed by atoms with Crippen LogP contribution in [0, 0.1) is 0 Å². The maximum absolute atomic E-state index is 6.27. The van der Waals surface area contributed by atoms with Gasteiger partial charge < -0.3 is 9.32 Å². The molecule has 8 aromatic carbocycles. The molecule has 2 nitrogen and oxygen atoms in total. The number of furan rings is 1. The summed E-state index contributed by atoms with van der Waals surface area (Å²) < 4.78 is 8.83. The van der Waals surface area contributed by atoms with Crippen molar-refractivity contribution in [3.05, 3.63) is 187 Å². The summed E-state index contributed by atoms with van der Waals surface area (Å²) in [5, 5.41) is 4.82. The zero-order chi connectivity index (χ0) is 36.0. The smallest absolute Gasteiger partial charge is 0.135 e. The van der Waals surface area contributed by atoms with E-state index in [1.807, 2.05) is 23.5 Å². The van der Waals surface area contributed by atoms with Crippen LogP contribution in [0.2, 0.25) is 0 Å². The van der Waals surface area contributed by atoms with Gasteiger partial charge >= 0.3 is 0 Å². The molecule has 0 amide bonds. The predicted molar refractivity (Wildman–Crippen MR) is 230 cm³/mol. The lowest BCUT2D eigenvalue weighted by Crippen LogP contribution is -2.15. The number of hydrogen-bond acceptors (Lipinski definition) is 3. The molecule has 0 radical (unpaired) electrons. The average Bonchev–Trinajstić information content (AvgIpc) is 3.86. The number of thiophene rings is 1. The molecule has 0 N–H and O–H groups in total. The van der Waals surface area contributed by atoms with Gasteiger partial charge in [0, 0.05) is 42.8 Å². The number of hydrogen-bond donors (Lipinski definition) is 0. The summed E-state index contributed by atoms with van der Waals surface area (Å²) in [5.41, 5.74) is 15.3. The van der Waals surface area contributed by atoms with Gasteiger partial charge in [0.2, 0.25) is 0 Å².